The highest BCUT2D eigenvalue weighted by molar-refractivity contribution is 5.68. The van der Waals surface area contributed by atoms with Crippen molar-refractivity contribution in [2.24, 2.45) is 0 Å². The molecule has 2 aromatic carbocycles. The van der Waals surface area contributed by atoms with Gasteiger partial charge in [0.05, 0.1) is 19.7 Å². The number of nitrogens with zero attached hydrogens (tertiary/aromatic N) is 1. The van der Waals surface area contributed by atoms with Gasteiger partial charge in [-0.1, -0.05) is 61.5 Å². The summed E-state index contributed by atoms with van der Waals surface area (Å²) in [7, 11) is 0. The fraction of sp³-hybridized carbons (Fsp3) is 0.316. The molecule has 0 saturated heterocycles. The molecule has 120 valence electrons. The van der Waals surface area contributed by atoms with Gasteiger partial charge in [-0.05, 0) is 16.7 Å². The van der Waals surface area contributed by atoms with E-state index in [-0.39, 0.29) is 12.1 Å². The first kappa shape index (κ1) is 15.7. The molecular weight excluding hydrogens is 290 g/mol. The highest BCUT2D eigenvalue weighted by atomic mass is 16.7. The van der Waals surface area contributed by atoms with Gasteiger partial charge in [0, 0.05) is 6.42 Å². The summed E-state index contributed by atoms with van der Waals surface area (Å²) in [5.41, 5.74) is 3.37. The van der Waals surface area contributed by atoms with Gasteiger partial charge >= 0.3 is 5.97 Å². The van der Waals surface area contributed by atoms with Gasteiger partial charge in [-0.25, -0.2) is 0 Å². The minimum atomic E-state index is -0.220. The van der Waals surface area contributed by atoms with E-state index < -0.39 is 0 Å². The van der Waals surface area contributed by atoms with Crippen LogP contribution in [-0.4, -0.2) is 24.2 Å². The lowest BCUT2D eigenvalue weighted by atomic mass is 9.96. The summed E-state index contributed by atoms with van der Waals surface area (Å²) >= 11 is 0. The third-order valence-corrected chi connectivity index (χ3v) is 3.93. The van der Waals surface area contributed by atoms with E-state index in [2.05, 4.69) is 24.3 Å². The van der Waals surface area contributed by atoms with E-state index in [0.717, 1.165) is 16.7 Å². The number of ether oxygens (including phenoxy) is 1. The average Bonchev–Trinajstić information content (AvgIpc) is 2.58. The molecule has 2 aromatic rings. The minimum Gasteiger partial charge on any atom is -0.368 e. The summed E-state index contributed by atoms with van der Waals surface area (Å²) in [6, 6.07) is 18.4. The number of hydrogen-bond donors (Lipinski definition) is 0. The molecule has 1 aliphatic rings. The number of carbonyl (C=O) groups is 1. The van der Waals surface area contributed by atoms with E-state index in [1.54, 1.807) is 12.0 Å². The van der Waals surface area contributed by atoms with Gasteiger partial charge in [-0.3, -0.25) is 4.79 Å². The van der Waals surface area contributed by atoms with Crippen LogP contribution in [0.3, 0.4) is 0 Å². The van der Waals surface area contributed by atoms with Crippen LogP contribution >= 0.6 is 0 Å². The Morgan fingerprint density at radius 2 is 1.91 bits per heavy atom. The summed E-state index contributed by atoms with van der Waals surface area (Å²) in [4.78, 5) is 17.0. The Kier molecular flexibility index (Phi) is 5.05. The maximum atomic E-state index is 11.6. The second-order valence-electron chi connectivity index (χ2n) is 5.54. The zero-order valence-electron chi connectivity index (χ0n) is 13.3. The second kappa shape index (κ2) is 7.40. The van der Waals surface area contributed by atoms with Crippen LogP contribution in [0.15, 0.2) is 54.6 Å². The van der Waals surface area contributed by atoms with Gasteiger partial charge in [0.25, 0.3) is 0 Å². The van der Waals surface area contributed by atoms with Crippen LogP contribution in [0.1, 0.15) is 36.1 Å². The Labute approximate surface area is 136 Å². The molecular formula is C19H21NO3. The molecule has 0 bridgehead atoms. The van der Waals surface area contributed by atoms with Crippen molar-refractivity contribution in [1.82, 2.24) is 5.06 Å². The molecule has 0 spiro atoms. The standard InChI is InChI=1S/C19H21NO3/c1-2-18(21)23-20-12-13-22-19(15-8-4-3-5-9-15)17-11-7-6-10-16(17)14-20/h3-11,19H,2,12-14H2,1H3. The molecule has 4 nitrogen and oxygen atoms in total. The number of fused-ring (bicyclic) bond motifs is 1. The van der Waals surface area contributed by atoms with Gasteiger partial charge in [-0.2, -0.15) is 0 Å². The topological polar surface area (TPSA) is 38.8 Å². The highest BCUT2D eigenvalue weighted by Crippen LogP contribution is 2.30. The molecule has 0 radical (unpaired) electrons. The summed E-state index contributed by atoms with van der Waals surface area (Å²) < 4.78 is 6.11. The average molecular weight is 311 g/mol. The van der Waals surface area contributed by atoms with Gasteiger partial charge in [0.2, 0.25) is 0 Å². The molecule has 0 amide bonds. The first-order valence-electron chi connectivity index (χ1n) is 7.98. The molecule has 0 saturated carbocycles. The molecule has 23 heavy (non-hydrogen) atoms. The Bertz CT molecular complexity index is 657. The molecule has 1 aliphatic heterocycles. The quantitative estimate of drug-likeness (QED) is 0.870. The van der Waals surface area contributed by atoms with Gasteiger partial charge in [-0.15, -0.1) is 5.06 Å². The van der Waals surface area contributed by atoms with E-state index in [0.29, 0.717) is 26.1 Å². The van der Waals surface area contributed by atoms with Crippen molar-refractivity contribution in [3.63, 3.8) is 0 Å². The fourth-order valence-corrected chi connectivity index (χ4v) is 2.76. The van der Waals surface area contributed by atoms with Crippen molar-refractivity contribution >= 4 is 5.97 Å². The lowest BCUT2D eigenvalue weighted by molar-refractivity contribution is -0.198. The number of hydroxylamine groups is 2. The molecule has 0 fully saturated rings. The first-order chi connectivity index (χ1) is 11.3. The van der Waals surface area contributed by atoms with E-state index >= 15 is 0 Å². The normalized spacial score (nSPS) is 18.6. The zero-order valence-corrected chi connectivity index (χ0v) is 13.3. The molecule has 4 heteroatoms. The third kappa shape index (κ3) is 3.78. The maximum Gasteiger partial charge on any atom is 0.324 e. The smallest absolute Gasteiger partial charge is 0.324 e. The minimum absolute atomic E-state index is 0.0866. The maximum absolute atomic E-state index is 11.6. The number of hydrogen-bond acceptors (Lipinski definition) is 4. The summed E-state index contributed by atoms with van der Waals surface area (Å²) in [5, 5.41) is 1.69. The summed E-state index contributed by atoms with van der Waals surface area (Å²) in [5.74, 6) is -0.220. The van der Waals surface area contributed by atoms with E-state index in [9.17, 15) is 4.79 Å². The molecule has 3 rings (SSSR count). The number of carbonyl (C=O) groups excluding carboxylic acids is 1. The number of rotatable bonds is 3. The van der Waals surface area contributed by atoms with Gasteiger partial charge in [0.1, 0.15) is 6.10 Å². The van der Waals surface area contributed by atoms with Crippen molar-refractivity contribution in [2.75, 3.05) is 13.2 Å². The molecule has 0 aromatic heterocycles. The summed E-state index contributed by atoms with van der Waals surface area (Å²) in [6.45, 7) is 3.44. The lowest BCUT2D eigenvalue weighted by Gasteiger charge is -2.29. The zero-order chi connectivity index (χ0) is 16.1. The van der Waals surface area contributed by atoms with Crippen molar-refractivity contribution in [3.05, 3.63) is 71.3 Å². The Balaban J connectivity index is 1.89. The van der Waals surface area contributed by atoms with Crippen LogP contribution < -0.4 is 0 Å². The van der Waals surface area contributed by atoms with Crippen LogP contribution in [0.4, 0.5) is 0 Å². The molecule has 1 unspecified atom stereocenters. The van der Waals surface area contributed by atoms with Crippen molar-refractivity contribution < 1.29 is 14.4 Å². The highest BCUT2D eigenvalue weighted by Gasteiger charge is 2.23. The monoisotopic (exact) mass is 311 g/mol. The molecule has 0 N–H and O–H groups in total. The van der Waals surface area contributed by atoms with Crippen molar-refractivity contribution in [2.45, 2.75) is 26.0 Å². The van der Waals surface area contributed by atoms with Gasteiger partial charge < -0.3 is 9.57 Å². The van der Waals surface area contributed by atoms with Crippen molar-refractivity contribution in [3.8, 4) is 0 Å². The first-order valence-corrected chi connectivity index (χ1v) is 7.98. The molecule has 1 atom stereocenters. The van der Waals surface area contributed by atoms with E-state index in [4.69, 9.17) is 9.57 Å². The number of benzene rings is 2. The Morgan fingerprint density at radius 1 is 1.17 bits per heavy atom. The lowest BCUT2D eigenvalue weighted by Crippen LogP contribution is -2.33. The second-order valence-corrected chi connectivity index (χ2v) is 5.54. The van der Waals surface area contributed by atoms with Crippen LogP contribution in [-0.2, 0) is 20.9 Å². The SMILES string of the molecule is CCC(=O)ON1CCOC(c2ccccc2)c2ccccc2C1. The van der Waals surface area contributed by atoms with Crippen LogP contribution in [0.25, 0.3) is 0 Å². The van der Waals surface area contributed by atoms with E-state index in [1.807, 2.05) is 30.3 Å². The van der Waals surface area contributed by atoms with Crippen LogP contribution in [0, 0.1) is 0 Å². The molecule has 1 heterocycles. The molecule has 0 aliphatic carbocycles. The predicted octanol–water partition coefficient (Wildman–Crippen LogP) is 3.48. The third-order valence-electron chi connectivity index (χ3n) is 3.93. The predicted molar refractivity (Wildman–Crippen MR) is 87.5 cm³/mol. The Morgan fingerprint density at radius 3 is 2.70 bits per heavy atom. The van der Waals surface area contributed by atoms with Crippen molar-refractivity contribution in [1.29, 1.82) is 0 Å². The largest absolute Gasteiger partial charge is 0.368 e. The van der Waals surface area contributed by atoms with E-state index in [1.165, 1.54) is 0 Å². The summed E-state index contributed by atoms with van der Waals surface area (Å²) in [6.07, 6.45) is 0.280. The van der Waals surface area contributed by atoms with Crippen LogP contribution in [0.2, 0.25) is 0 Å². The Hall–Kier alpha value is -2.17. The van der Waals surface area contributed by atoms with Crippen LogP contribution in [0.5, 0.6) is 0 Å². The fourth-order valence-electron chi connectivity index (χ4n) is 2.76. The van der Waals surface area contributed by atoms with Gasteiger partial charge in [0.15, 0.2) is 0 Å².